The maximum absolute atomic E-state index is 12.4. The molecule has 3 atom stereocenters. The van der Waals surface area contributed by atoms with Gasteiger partial charge in [-0.1, -0.05) is 12.1 Å². The Morgan fingerprint density at radius 2 is 1.96 bits per heavy atom. The number of carboxylic acids is 1. The maximum atomic E-state index is 12.4. The molecule has 2 amide bonds. The number of aliphatic hydroxyl groups excluding tert-OH is 1. The molecule has 1 aromatic rings. The van der Waals surface area contributed by atoms with Crippen LogP contribution in [0.3, 0.4) is 0 Å². The fourth-order valence-corrected chi connectivity index (χ4v) is 3.09. The highest BCUT2D eigenvalue weighted by Crippen LogP contribution is 2.18. The molecule has 1 saturated heterocycles. The summed E-state index contributed by atoms with van der Waals surface area (Å²) in [6, 6.07) is 5.42. The van der Waals surface area contributed by atoms with Crippen molar-refractivity contribution in [3.05, 3.63) is 33.4 Å². The zero-order valence-electron chi connectivity index (χ0n) is 13.1. The van der Waals surface area contributed by atoms with Crippen LogP contribution in [0.25, 0.3) is 0 Å². The van der Waals surface area contributed by atoms with E-state index < -0.39 is 30.1 Å². The third kappa shape index (κ3) is 4.67. The summed E-state index contributed by atoms with van der Waals surface area (Å²) in [5, 5.41) is 21.5. The number of benzene rings is 1. The molecule has 7 nitrogen and oxygen atoms in total. The van der Waals surface area contributed by atoms with Crippen LogP contribution < -0.4 is 5.32 Å². The Balaban J connectivity index is 2.06. The Hall–Kier alpha value is -1.68. The summed E-state index contributed by atoms with van der Waals surface area (Å²) in [4.78, 5) is 36.7. The zero-order chi connectivity index (χ0) is 17.9. The van der Waals surface area contributed by atoms with E-state index in [0.29, 0.717) is 0 Å². The Kier molecular flexibility index (Phi) is 6.16. The van der Waals surface area contributed by atoms with Crippen LogP contribution in [0.5, 0.6) is 0 Å². The van der Waals surface area contributed by atoms with E-state index >= 15 is 0 Å². The van der Waals surface area contributed by atoms with Crippen molar-refractivity contribution in [1.82, 2.24) is 10.2 Å². The first-order valence-electron chi connectivity index (χ1n) is 7.51. The van der Waals surface area contributed by atoms with Crippen molar-refractivity contribution >= 4 is 40.4 Å². The third-order valence-electron chi connectivity index (χ3n) is 3.95. The molecule has 1 aliphatic rings. The molecule has 0 radical (unpaired) electrons. The Morgan fingerprint density at radius 3 is 2.50 bits per heavy atom. The highest BCUT2D eigenvalue weighted by atomic mass is 127. The van der Waals surface area contributed by atoms with Crippen molar-refractivity contribution in [2.24, 2.45) is 0 Å². The lowest BCUT2D eigenvalue weighted by Crippen LogP contribution is -2.51. The number of carbonyl (C=O) groups is 3. The van der Waals surface area contributed by atoms with Gasteiger partial charge in [0.1, 0.15) is 12.1 Å². The lowest BCUT2D eigenvalue weighted by Gasteiger charge is -2.24. The van der Waals surface area contributed by atoms with E-state index in [-0.39, 0.29) is 25.3 Å². The van der Waals surface area contributed by atoms with Crippen LogP contribution >= 0.6 is 22.6 Å². The summed E-state index contributed by atoms with van der Waals surface area (Å²) >= 11 is 2.15. The molecule has 0 unspecified atom stereocenters. The number of hydrogen-bond acceptors (Lipinski definition) is 4. The van der Waals surface area contributed by atoms with Gasteiger partial charge in [-0.25, -0.2) is 4.79 Å². The number of amides is 2. The van der Waals surface area contributed by atoms with Crippen LogP contribution in [0.2, 0.25) is 0 Å². The molecule has 1 aromatic carbocycles. The number of likely N-dealkylation sites (tertiary alicyclic amines) is 1. The standard InChI is InChI=1S/C16H19IN2O5/c1-9(20)19-8-12(21)7-14(19)15(22)18-13(16(23)24)6-10-2-4-11(17)5-3-10/h2-5,12-14,21H,6-8H2,1H3,(H,18,22)(H,23,24)/t12-,13-,14+/m1/s1. The van der Waals surface area contributed by atoms with E-state index in [9.17, 15) is 24.6 Å². The number of aliphatic hydroxyl groups is 1. The number of carboxylic acid groups (broad SMARTS) is 1. The van der Waals surface area contributed by atoms with E-state index in [1.165, 1.54) is 11.8 Å². The molecular formula is C16H19IN2O5. The molecule has 130 valence electrons. The second-order valence-corrected chi connectivity index (χ2v) is 7.05. The van der Waals surface area contributed by atoms with Gasteiger partial charge in [-0.15, -0.1) is 0 Å². The molecule has 1 heterocycles. The van der Waals surface area contributed by atoms with E-state index in [4.69, 9.17) is 0 Å². The van der Waals surface area contributed by atoms with E-state index in [2.05, 4.69) is 27.9 Å². The third-order valence-corrected chi connectivity index (χ3v) is 4.67. The van der Waals surface area contributed by atoms with Gasteiger partial charge in [-0.3, -0.25) is 9.59 Å². The molecular weight excluding hydrogens is 427 g/mol. The monoisotopic (exact) mass is 446 g/mol. The molecule has 8 heteroatoms. The van der Waals surface area contributed by atoms with Crippen molar-refractivity contribution in [2.45, 2.75) is 38.0 Å². The van der Waals surface area contributed by atoms with Crippen LogP contribution in [0.4, 0.5) is 0 Å². The van der Waals surface area contributed by atoms with Crippen molar-refractivity contribution in [3.63, 3.8) is 0 Å². The van der Waals surface area contributed by atoms with Gasteiger partial charge in [0, 0.05) is 29.9 Å². The largest absolute Gasteiger partial charge is 0.480 e. The molecule has 1 aliphatic heterocycles. The summed E-state index contributed by atoms with van der Waals surface area (Å²) in [5.41, 5.74) is 0.790. The predicted molar refractivity (Wildman–Crippen MR) is 94.2 cm³/mol. The highest BCUT2D eigenvalue weighted by molar-refractivity contribution is 14.1. The number of hydrogen-bond donors (Lipinski definition) is 3. The molecule has 2 rings (SSSR count). The van der Waals surface area contributed by atoms with Crippen molar-refractivity contribution < 1.29 is 24.6 Å². The minimum atomic E-state index is -1.14. The fourth-order valence-electron chi connectivity index (χ4n) is 2.73. The van der Waals surface area contributed by atoms with Crippen LogP contribution in [-0.2, 0) is 20.8 Å². The second-order valence-electron chi connectivity index (χ2n) is 5.81. The molecule has 0 bridgehead atoms. The Labute approximate surface area is 153 Å². The van der Waals surface area contributed by atoms with Gasteiger partial charge < -0.3 is 20.4 Å². The number of nitrogens with zero attached hydrogens (tertiary/aromatic N) is 1. The lowest BCUT2D eigenvalue weighted by atomic mass is 10.1. The minimum Gasteiger partial charge on any atom is -0.480 e. The van der Waals surface area contributed by atoms with Crippen LogP contribution in [0.1, 0.15) is 18.9 Å². The molecule has 0 saturated carbocycles. The molecule has 3 N–H and O–H groups in total. The van der Waals surface area contributed by atoms with Crippen molar-refractivity contribution in [2.75, 3.05) is 6.54 Å². The number of aliphatic carboxylic acids is 1. The number of halogens is 1. The van der Waals surface area contributed by atoms with Crippen molar-refractivity contribution in [1.29, 1.82) is 0 Å². The topological polar surface area (TPSA) is 107 Å². The zero-order valence-corrected chi connectivity index (χ0v) is 15.3. The van der Waals surface area contributed by atoms with Gasteiger partial charge in [0.2, 0.25) is 11.8 Å². The molecule has 1 fully saturated rings. The summed E-state index contributed by atoms with van der Waals surface area (Å²) in [6.45, 7) is 1.40. The first-order chi connectivity index (χ1) is 11.3. The first-order valence-corrected chi connectivity index (χ1v) is 8.58. The molecule has 0 aromatic heterocycles. The average molecular weight is 446 g/mol. The van der Waals surface area contributed by atoms with Crippen LogP contribution in [0, 0.1) is 3.57 Å². The Bertz CT molecular complexity index is 634. The van der Waals surface area contributed by atoms with E-state index in [1.54, 1.807) is 0 Å². The average Bonchev–Trinajstić information content (AvgIpc) is 2.91. The summed E-state index contributed by atoms with van der Waals surface area (Å²) in [5.74, 6) is -2.02. The normalized spacial score (nSPS) is 21.4. The van der Waals surface area contributed by atoms with Crippen LogP contribution in [-0.4, -0.2) is 57.6 Å². The van der Waals surface area contributed by atoms with Gasteiger partial charge >= 0.3 is 5.97 Å². The number of β-amino-alcohol motifs (C(OH)–C–C–N with tert-alkyl or cyclic N) is 1. The SMILES string of the molecule is CC(=O)N1C[C@H](O)C[C@H]1C(=O)N[C@H](Cc1ccc(I)cc1)C(=O)O. The van der Waals surface area contributed by atoms with Gasteiger partial charge in [-0.05, 0) is 40.3 Å². The van der Waals surface area contributed by atoms with Gasteiger partial charge in [0.15, 0.2) is 0 Å². The number of carbonyl (C=O) groups excluding carboxylic acids is 2. The van der Waals surface area contributed by atoms with Gasteiger partial charge in [0.05, 0.1) is 6.10 Å². The molecule has 0 aliphatic carbocycles. The summed E-state index contributed by atoms with van der Waals surface area (Å²) in [6.07, 6.45) is -0.515. The summed E-state index contributed by atoms with van der Waals surface area (Å²) < 4.78 is 1.03. The molecule has 24 heavy (non-hydrogen) atoms. The first kappa shape index (κ1) is 18.7. The van der Waals surface area contributed by atoms with Crippen molar-refractivity contribution in [3.8, 4) is 0 Å². The lowest BCUT2D eigenvalue weighted by molar-refractivity contribution is -0.143. The number of nitrogens with one attached hydrogen (secondary N) is 1. The fraction of sp³-hybridized carbons (Fsp3) is 0.438. The quantitative estimate of drug-likeness (QED) is 0.568. The van der Waals surface area contributed by atoms with Gasteiger partial charge in [0.25, 0.3) is 0 Å². The summed E-state index contributed by atoms with van der Waals surface area (Å²) in [7, 11) is 0. The van der Waals surface area contributed by atoms with E-state index in [1.807, 2.05) is 24.3 Å². The molecule has 0 spiro atoms. The number of rotatable bonds is 5. The smallest absolute Gasteiger partial charge is 0.326 e. The van der Waals surface area contributed by atoms with E-state index in [0.717, 1.165) is 9.13 Å². The maximum Gasteiger partial charge on any atom is 0.326 e. The van der Waals surface area contributed by atoms with Gasteiger partial charge in [-0.2, -0.15) is 0 Å². The Morgan fingerprint density at radius 1 is 1.33 bits per heavy atom. The van der Waals surface area contributed by atoms with Crippen LogP contribution in [0.15, 0.2) is 24.3 Å². The minimum absolute atomic E-state index is 0.0856. The highest BCUT2D eigenvalue weighted by Gasteiger charge is 2.38. The predicted octanol–water partition coefficient (Wildman–Crippen LogP) is 0.385. The second kappa shape index (κ2) is 7.93.